The summed E-state index contributed by atoms with van der Waals surface area (Å²) in [6.45, 7) is 0. The van der Waals surface area contributed by atoms with Crippen molar-refractivity contribution in [3.63, 3.8) is 0 Å². The fraction of sp³-hybridized carbons (Fsp3) is 0. The van der Waals surface area contributed by atoms with Crippen LogP contribution in [0.4, 0.5) is 0 Å². The van der Waals surface area contributed by atoms with Gasteiger partial charge >= 0.3 is 5.97 Å². The van der Waals surface area contributed by atoms with E-state index in [2.05, 4.69) is 15.1 Å². The van der Waals surface area contributed by atoms with Gasteiger partial charge in [0.2, 0.25) is 0 Å². The van der Waals surface area contributed by atoms with E-state index in [1.54, 1.807) is 46.4 Å². The van der Waals surface area contributed by atoms with Gasteiger partial charge in [-0.2, -0.15) is 0 Å². The van der Waals surface area contributed by atoms with Gasteiger partial charge in [0.05, 0.1) is 10.6 Å². The highest BCUT2D eigenvalue weighted by Crippen LogP contribution is 2.27. The van der Waals surface area contributed by atoms with Crippen LogP contribution in [0, 0.1) is 0 Å². The Morgan fingerprint density at radius 2 is 2.09 bits per heavy atom. The van der Waals surface area contributed by atoms with Crippen molar-refractivity contribution >= 4 is 23.0 Å². The summed E-state index contributed by atoms with van der Waals surface area (Å²) in [5.74, 6) is -0.581. The summed E-state index contributed by atoms with van der Waals surface area (Å²) >= 11 is 1.56. The Hall–Kier alpha value is -3.06. The number of hydrogen-bond donors (Lipinski definition) is 1. The number of nitrogens with zero attached hydrogens (tertiary/aromatic N) is 4. The van der Waals surface area contributed by atoms with Crippen molar-refractivity contribution < 1.29 is 9.90 Å². The summed E-state index contributed by atoms with van der Waals surface area (Å²) in [7, 11) is 0. The highest BCUT2D eigenvalue weighted by molar-refractivity contribution is 7.13. The van der Waals surface area contributed by atoms with Gasteiger partial charge in [-0.25, -0.2) is 14.3 Å². The van der Waals surface area contributed by atoms with E-state index in [9.17, 15) is 9.90 Å². The van der Waals surface area contributed by atoms with E-state index < -0.39 is 5.97 Å². The molecule has 4 aromatic rings. The van der Waals surface area contributed by atoms with Gasteiger partial charge in [0.15, 0.2) is 11.5 Å². The Kier molecular flexibility index (Phi) is 3.13. The number of thiophene rings is 1. The number of carboxylic acid groups (broad SMARTS) is 1. The lowest BCUT2D eigenvalue weighted by Gasteiger charge is -2.03. The molecule has 0 spiro atoms. The molecule has 0 saturated heterocycles. The van der Waals surface area contributed by atoms with Crippen molar-refractivity contribution in [3.05, 3.63) is 59.7 Å². The molecule has 0 aromatic carbocycles. The summed E-state index contributed by atoms with van der Waals surface area (Å²) in [4.78, 5) is 20.9. The van der Waals surface area contributed by atoms with E-state index in [4.69, 9.17) is 0 Å². The molecule has 0 aliphatic heterocycles. The van der Waals surface area contributed by atoms with Crippen LogP contribution < -0.4 is 0 Å². The van der Waals surface area contributed by atoms with E-state index in [0.717, 1.165) is 16.1 Å². The van der Waals surface area contributed by atoms with E-state index in [-0.39, 0.29) is 5.56 Å². The van der Waals surface area contributed by atoms with Crippen molar-refractivity contribution in [1.29, 1.82) is 0 Å². The predicted molar refractivity (Wildman–Crippen MR) is 86.5 cm³/mol. The van der Waals surface area contributed by atoms with Crippen molar-refractivity contribution in [1.82, 2.24) is 19.6 Å². The summed E-state index contributed by atoms with van der Waals surface area (Å²) in [6, 6.07) is 10.9. The molecule has 112 valence electrons. The number of carbonyl (C=O) groups is 1. The second-order valence-electron chi connectivity index (χ2n) is 4.83. The molecule has 4 aromatic heterocycles. The van der Waals surface area contributed by atoms with Gasteiger partial charge in [0.25, 0.3) is 0 Å². The largest absolute Gasteiger partial charge is 0.478 e. The lowest BCUT2D eigenvalue weighted by molar-refractivity contribution is 0.0698. The molecular formula is C16H10N4O2S. The normalized spacial score (nSPS) is 11.0. The molecule has 4 rings (SSSR count). The van der Waals surface area contributed by atoms with Gasteiger partial charge in [-0.1, -0.05) is 6.07 Å². The van der Waals surface area contributed by atoms with Gasteiger partial charge in [0.1, 0.15) is 5.56 Å². The van der Waals surface area contributed by atoms with Crippen LogP contribution in [-0.4, -0.2) is 30.7 Å². The van der Waals surface area contributed by atoms with Crippen molar-refractivity contribution in [3.8, 4) is 22.0 Å². The standard InChI is InChI=1S/C16H10N4O2S/c21-16(22)11-5-6-12(13-4-2-8-23-13)20-15(11)18-14(19-20)10-3-1-7-17-9-10/h1-9H,(H,21,22). The molecule has 4 heterocycles. The first-order valence-electron chi connectivity index (χ1n) is 6.81. The van der Waals surface area contributed by atoms with Gasteiger partial charge in [-0.3, -0.25) is 4.98 Å². The third kappa shape index (κ3) is 2.27. The molecule has 0 fully saturated rings. The molecule has 23 heavy (non-hydrogen) atoms. The molecule has 1 N–H and O–H groups in total. The summed E-state index contributed by atoms with van der Waals surface area (Å²) in [5, 5.41) is 15.8. The first-order valence-corrected chi connectivity index (χ1v) is 7.69. The maximum Gasteiger partial charge on any atom is 0.339 e. The van der Waals surface area contributed by atoms with Crippen LogP contribution in [0.2, 0.25) is 0 Å². The molecule has 0 aliphatic carbocycles. The molecule has 0 bridgehead atoms. The average molecular weight is 322 g/mol. The second kappa shape index (κ2) is 5.29. The quantitative estimate of drug-likeness (QED) is 0.626. The molecule has 0 radical (unpaired) electrons. The highest BCUT2D eigenvalue weighted by atomic mass is 32.1. The molecule has 0 unspecified atom stereocenters. The van der Waals surface area contributed by atoms with E-state index >= 15 is 0 Å². The molecule has 7 heteroatoms. The summed E-state index contributed by atoms with van der Waals surface area (Å²) < 4.78 is 1.58. The topological polar surface area (TPSA) is 80.4 Å². The predicted octanol–water partition coefficient (Wildman–Crippen LogP) is 3.22. The fourth-order valence-corrected chi connectivity index (χ4v) is 3.09. The SMILES string of the molecule is O=C(O)c1ccc(-c2cccs2)n2nc(-c3cccnc3)nc12. The van der Waals surface area contributed by atoms with Crippen LogP contribution in [0.25, 0.3) is 27.6 Å². The van der Waals surface area contributed by atoms with Crippen LogP contribution in [0.3, 0.4) is 0 Å². The average Bonchev–Trinajstić information content (AvgIpc) is 3.24. The zero-order chi connectivity index (χ0) is 15.8. The monoisotopic (exact) mass is 322 g/mol. The van der Waals surface area contributed by atoms with Gasteiger partial charge in [-0.15, -0.1) is 16.4 Å². The Balaban J connectivity index is 2.02. The van der Waals surface area contributed by atoms with Crippen molar-refractivity contribution in [2.75, 3.05) is 0 Å². The van der Waals surface area contributed by atoms with Crippen LogP contribution in [0.15, 0.2) is 54.2 Å². The smallest absolute Gasteiger partial charge is 0.339 e. The Labute approximate surface area is 134 Å². The number of rotatable bonds is 3. The Morgan fingerprint density at radius 3 is 2.78 bits per heavy atom. The van der Waals surface area contributed by atoms with Crippen LogP contribution >= 0.6 is 11.3 Å². The number of aromatic nitrogens is 4. The van der Waals surface area contributed by atoms with Gasteiger partial charge < -0.3 is 5.11 Å². The first kappa shape index (κ1) is 13.6. The maximum atomic E-state index is 11.5. The molecule has 0 amide bonds. The minimum atomic E-state index is -1.03. The lowest BCUT2D eigenvalue weighted by Crippen LogP contribution is -2.03. The zero-order valence-corrected chi connectivity index (χ0v) is 12.6. The molecule has 0 saturated carbocycles. The summed E-state index contributed by atoms with van der Waals surface area (Å²) in [5.41, 5.74) is 1.99. The maximum absolute atomic E-state index is 11.5. The fourth-order valence-electron chi connectivity index (χ4n) is 2.36. The third-order valence-corrected chi connectivity index (χ3v) is 4.30. The Bertz CT molecular complexity index is 994. The highest BCUT2D eigenvalue weighted by Gasteiger charge is 2.18. The number of aromatic carboxylic acids is 1. The summed E-state index contributed by atoms with van der Waals surface area (Å²) in [6.07, 6.45) is 3.32. The molecule has 0 aliphatic rings. The number of fused-ring (bicyclic) bond motifs is 1. The van der Waals surface area contributed by atoms with E-state index in [0.29, 0.717) is 11.5 Å². The van der Waals surface area contributed by atoms with Crippen molar-refractivity contribution in [2.45, 2.75) is 0 Å². The number of hydrogen-bond acceptors (Lipinski definition) is 5. The second-order valence-corrected chi connectivity index (χ2v) is 5.77. The van der Waals surface area contributed by atoms with Crippen molar-refractivity contribution in [2.24, 2.45) is 0 Å². The third-order valence-electron chi connectivity index (χ3n) is 3.41. The van der Waals surface area contributed by atoms with E-state index in [1.165, 1.54) is 0 Å². The number of carboxylic acids is 1. The molecule has 6 nitrogen and oxygen atoms in total. The van der Waals surface area contributed by atoms with Crippen LogP contribution in [-0.2, 0) is 0 Å². The Morgan fingerprint density at radius 1 is 1.17 bits per heavy atom. The molecule has 0 atom stereocenters. The minimum absolute atomic E-state index is 0.118. The van der Waals surface area contributed by atoms with Crippen LogP contribution in [0.1, 0.15) is 10.4 Å². The van der Waals surface area contributed by atoms with Crippen LogP contribution in [0.5, 0.6) is 0 Å². The number of pyridine rings is 2. The molecular weight excluding hydrogens is 312 g/mol. The first-order chi connectivity index (χ1) is 11.2. The minimum Gasteiger partial charge on any atom is -0.478 e. The lowest BCUT2D eigenvalue weighted by atomic mass is 10.2. The zero-order valence-electron chi connectivity index (χ0n) is 11.7. The van der Waals surface area contributed by atoms with Gasteiger partial charge in [0, 0.05) is 18.0 Å². The van der Waals surface area contributed by atoms with E-state index in [1.807, 2.05) is 23.6 Å². The van der Waals surface area contributed by atoms with Gasteiger partial charge in [-0.05, 0) is 35.7 Å².